The molecule has 0 aliphatic heterocycles. The van der Waals surface area contributed by atoms with Crippen molar-refractivity contribution in [2.75, 3.05) is 6.61 Å². The summed E-state index contributed by atoms with van der Waals surface area (Å²) in [7, 11) is 0. The molecule has 0 aromatic carbocycles. The van der Waals surface area contributed by atoms with Crippen LogP contribution >= 0.6 is 0 Å². The maximum atomic E-state index is 10.2. The molecular weight excluding hydrogens is 362 g/mol. The second-order valence-electron chi connectivity index (χ2n) is 11.1. The van der Waals surface area contributed by atoms with Gasteiger partial charge in [0, 0.05) is 5.70 Å². The minimum atomic E-state index is -0.835. The molecule has 1 unspecified atom stereocenters. The maximum absolute atomic E-state index is 10.2. The number of hydrogen-bond donors (Lipinski definition) is 3. The van der Waals surface area contributed by atoms with Crippen LogP contribution in [-0.2, 0) is 4.84 Å². The Morgan fingerprint density at radius 3 is 2.55 bits per heavy atom. The van der Waals surface area contributed by atoms with Gasteiger partial charge in [0.15, 0.2) is 0 Å². The molecule has 0 heterocycles. The first-order valence-corrected chi connectivity index (χ1v) is 11.4. The molecule has 5 atom stereocenters. The van der Waals surface area contributed by atoms with E-state index in [9.17, 15) is 10.2 Å². The van der Waals surface area contributed by atoms with Gasteiger partial charge in [0.2, 0.25) is 0 Å². The van der Waals surface area contributed by atoms with Gasteiger partial charge in [0.25, 0.3) is 0 Å². The molecule has 4 rings (SSSR count). The van der Waals surface area contributed by atoms with Gasteiger partial charge in [-0.05, 0) is 94.0 Å². The smallest absolute Gasteiger partial charge is 0.103 e. The standard InChI is InChI=1S/C25H39NO3/c1-16(26-29-15-23(2,3)28)20-8-9-21-19-7-6-17-14-18(27)10-12-24(17,4)22(19)11-13-25(20,21)5/h6-7,18,21-22,26-28H,8-15H2,1-5H3/t18?,21-,22-,24-,25+/m0/s1. The third-order valence-electron chi connectivity index (χ3n) is 8.43. The Labute approximate surface area is 176 Å². The van der Waals surface area contributed by atoms with E-state index in [2.05, 4.69) is 38.4 Å². The minimum Gasteiger partial charge on any atom is -0.393 e. The molecule has 0 bridgehead atoms. The molecule has 3 N–H and O–H groups in total. The molecule has 29 heavy (non-hydrogen) atoms. The van der Waals surface area contributed by atoms with Crippen LogP contribution in [0, 0.1) is 22.7 Å². The molecule has 0 saturated heterocycles. The number of aliphatic hydroxyl groups excluding tert-OH is 1. The predicted octanol–water partition coefficient (Wildman–Crippen LogP) is 4.80. The van der Waals surface area contributed by atoms with Crippen LogP contribution in [0.25, 0.3) is 0 Å². The number of hydroxylamine groups is 1. The second-order valence-corrected chi connectivity index (χ2v) is 11.1. The molecule has 162 valence electrons. The van der Waals surface area contributed by atoms with Crippen molar-refractivity contribution in [2.45, 2.75) is 91.3 Å². The Bertz CT molecular complexity index is 759. The lowest BCUT2D eigenvalue weighted by Gasteiger charge is -2.54. The van der Waals surface area contributed by atoms with Crippen LogP contribution in [0.4, 0.5) is 0 Å². The van der Waals surface area contributed by atoms with E-state index in [0.717, 1.165) is 31.4 Å². The van der Waals surface area contributed by atoms with E-state index in [1.165, 1.54) is 30.4 Å². The molecule has 0 radical (unpaired) electrons. The fourth-order valence-electron chi connectivity index (χ4n) is 6.80. The molecule has 0 aromatic heterocycles. The van der Waals surface area contributed by atoms with Crippen molar-refractivity contribution in [1.29, 1.82) is 0 Å². The minimum absolute atomic E-state index is 0.156. The molecular formula is C25H39NO3. The van der Waals surface area contributed by atoms with Crippen LogP contribution in [-0.4, -0.2) is 28.5 Å². The fourth-order valence-corrected chi connectivity index (χ4v) is 6.80. The van der Waals surface area contributed by atoms with Crippen molar-refractivity contribution in [1.82, 2.24) is 5.48 Å². The first kappa shape index (κ1) is 21.1. The maximum Gasteiger partial charge on any atom is 0.103 e. The Morgan fingerprint density at radius 2 is 1.83 bits per heavy atom. The molecule has 0 aromatic rings. The number of aliphatic hydroxyl groups is 2. The SMILES string of the molecule is CC(NOCC(C)(C)O)=C1CC[C@H]2C3=CC=C4CC(O)CC[C@]4(C)[C@H]3CC[C@]12C. The second kappa shape index (κ2) is 7.25. The average Bonchev–Trinajstić information content (AvgIpc) is 2.98. The van der Waals surface area contributed by atoms with Gasteiger partial charge in [-0.2, -0.15) is 0 Å². The van der Waals surface area contributed by atoms with Crippen LogP contribution < -0.4 is 5.48 Å². The van der Waals surface area contributed by atoms with E-state index in [1.54, 1.807) is 19.4 Å². The molecule has 0 spiro atoms. The third-order valence-corrected chi connectivity index (χ3v) is 8.43. The summed E-state index contributed by atoms with van der Waals surface area (Å²) < 4.78 is 0. The van der Waals surface area contributed by atoms with Crippen molar-refractivity contribution >= 4 is 0 Å². The van der Waals surface area contributed by atoms with Crippen LogP contribution in [0.2, 0.25) is 0 Å². The molecule has 3 fully saturated rings. The molecule has 4 heteroatoms. The summed E-state index contributed by atoms with van der Waals surface area (Å²) in [6.07, 6.45) is 12.3. The monoisotopic (exact) mass is 401 g/mol. The number of hydrogen-bond acceptors (Lipinski definition) is 4. The summed E-state index contributed by atoms with van der Waals surface area (Å²) in [4.78, 5) is 5.59. The van der Waals surface area contributed by atoms with Gasteiger partial charge in [-0.1, -0.05) is 37.1 Å². The highest BCUT2D eigenvalue weighted by molar-refractivity contribution is 5.42. The van der Waals surface area contributed by atoms with Crippen molar-refractivity contribution < 1.29 is 15.1 Å². The number of nitrogens with one attached hydrogen (secondary N) is 1. The Kier molecular flexibility index (Phi) is 5.28. The fraction of sp³-hybridized carbons (Fsp3) is 0.760. The normalized spacial score (nSPS) is 41.0. The van der Waals surface area contributed by atoms with E-state index in [1.807, 2.05) is 0 Å². The summed E-state index contributed by atoms with van der Waals surface area (Å²) in [5, 5.41) is 20.1. The van der Waals surface area contributed by atoms with Crippen molar-refractivity contribution in [3.8, 4) is 0 Å². The Balaban J connectivity index is 1.57. The quantitative estimate of drug-likeness (QED) is 0.593. The predicted molar refractivity (Wildman–Crippen MR) is 116 cm³/mol. The molecule has 4 aliphatic carbocycles. The van der Waals surface area contributed by atoms with Gasteiger partial charge in [-0.3, -0.25) is 10.3 Å². The lowest BCUT2D eigenvalue weighted by molar-refractivity contribution is -0.0521. The largest absolute Gasteiger partial charge is 0.393 e. The summed E-state index contributed by atoms with van der Waals surface area (Å²) in [5.74, 6) is 1.23. The highest BCUT2D eigenvalue weighted by Gasteiger charge is 2.55. The van der Waals surface area contributed by atoms with Crippen molar-refractivity contribution in [2.24, 2.45) is 22.7 Å². The van der Waals surface area contributed by atoms with Crippen LogP contribution in [0.3, 0.4) is 0 Å². The van der Waals surface area contributed by atoms with E-state index in [-0.39, 0.29) is 23.5 Å². The van der Waals surface area contributed by atoms with E-state index in [4.69, 9.17) is 4.84 Å². The summed E-state index contributed by atoms with van der Waals surface area (Å²) in [5.41, 5.74) is 8.46. The number of fused-ring (bicyclic) bond motifs is 5. The van der Waals surface area contributed by atoms with Gasteiger partial charge >= 0.3 is 0 Å². The Morgan fingerprint density at radius 1 is 1.14 bits per heavy atom. The highest BCUT2D eigenvalue weighted by atomic mass is 16.6. The first-order valence-electron chi connectivity index (χ1n) is 11.4. The average molecular weight is 402 g/mol. The molecule has 0 amide bonds. The highest BCUT2D eigenvalue weighted by Crippen LogP contribution is 2.65. The Hall–Kier alpha value is -1.10. The zero-order valence-electron chi connectivity index (χ0n) is 18.8. The summed E-state index contributed by atoms with van der Waals surface area (Å²) in [6.45, 7) is 10.8. The van der Waals surface area contributed by atoms with Crippen LogP contribution in [0.5, 0.6) is 0 Å². The van der Waals surface area contributed by atoms with E-state index >= 15 is 0 Å². The van der Waals surface area contributed by atoms with E-state index < -0.39 is 5.60 Å². The zero-order chi connectivity index (χ0) is 21.0. The number of allylic oxidation sites excluding steroid dienone is 5. The van der Waals surface area contributed by atoms with E-state index in [0.29, 0.717) is 11.8 Å². The number of rotatable bonds is 4. The topological polar surface area (TPSA) is 61.7 Å². The molecule has 4 nitrogen and oxygen atoms in total. The van der Waals surface area contributed by atoms with Gasteiger partial charge in [-0.25, -0.2) is 0 Å². The van der Waals surface area contributed by atoms with Gasteiger partial charge in [-0.15, -0.1) is 0 Å². The zero-order valence-corrected chi connectivity index (χ0v) is 18.8. The lowest BCUT2D eigenvalue weighted by Crippen LogP contribution is -2.45. The van der Waals surface area contributed by atoms with Gasteiger partial charge in [0.05, 0.1) is 11.7 Å². The first-order chi connectivity index (χ1) is 13.5. The molecule has 3 saturated carbocycles. The summed E-state index contributed by atoms with van der Waals surface area (Å²) in [6, 6.07) is 0. The van der Waals surface area contributed by atoms with Gasteiger partial charge in [0.1, 0.15) is 6.61 Å². The van der Waals surface area contributed by atoms with Crippen LogP contribution in [0.1, 0.15) is 79.6 Å². The van der Waals surface area contributed by atoms with Crippen molar-refractivity contribution in [3.05, 3.63) is 34.6 Å². The van der Waals surface area contributed by atoms with Gasteiger partial charge < -0.3 is 10.2 Å². The van der Waals surface area contributed by atoms with Crippen LogP contribution in [0.15, 0.2) is 34.6 Å². The third kappa shape index (κ3) is 3.62. The summed E-state index contributed by atoms with van der Waals surface area (Å²) >= 11 is 0. The van der Waals surface area contributed by atoms with Crippen molar-refractivity contribution in [3.63, 3.8) is 0 Å². The molecule has 4 aliphatic rings. The lowest BCUT2D eigenvalue weighted by atomic mass is 9.51.